The number of aliphatic hydroxyl groups is 1. The maximum absolute atomic E-state index is 12.2. The Balaban J connectivity index is 2.06. The molecule has 2 aromatic carbocycles. The van der Waals surface area contributed by atoms with Crippen molar-refractivity contribution in [3.63, 3.8) is 0 Å². The predicted octanol–water partition coefficient (Wildman–Crippen LogP) is 2.48. The number of rotatable bonds is 5. The van der Waals surface area contributed by atoms with Crippen LogP contribution in [0.3, 0.4) is 0 Å². The highest BCUT2D eigenvalue weighted by Crippen LogP contribution is 2.18. The van der Waals surface area contributed by atoms with Crippen molar-refractivity contribution in [3.8, 4) is 0 Å². The summed E-state index contributed by atoms with van der Waals surface area (Å²) in [5.74, 6) is -1.44. The van der Waals surface area contributed by atoms with Gasteiger partial charge in [0.05, 0.1) is 6.04 Å². The van der Waals surface area contributed by atoms with Crippen molar-refractivity contribution in [2.45, 2.75) is 26.3 Å². The fourth-order valence-corrected chi connectivity index (χ4v) is 2.41. The van der Waals surface area contributed by atoms with Crippen molar-refractivity contribution in [1.82, 2.24) is 5.32 Å². The van der Waals surface area contributed by atoms with Gasteiger partial charge < -0.3 is 15.7 Å². The molecule has 24 heavy (non-hydrogen) atoms. The Morgan fingerprint density at radius 2 is 1.75 bits per heavy atom. The number of nitrogens with one attached hydrogen (secondary N) is 2. The lowest BCUT2D eigenvalue weighted by Crippen LogP contribution is -2.38. The van der Waals surface area contributed by atoms with E-state index in [1.54, 1.807) is 0 Å². The second kappa shape index (κ2) is 8.26. The second-order valence-corrected chi connectivity index (χ2v) is 5.72. The molecule has 0 radical (unpaired) electrons. The molecule has 0 fully saturated rings. The van der Waals surface area contributed by atoms with E-state index in [1.807, 2.05) is 62.4 Å². The first-order valence-corrected chi connectivity index (χ1v) is 7.86. The molecule has 0 saturated heterocycles. The Kier molecular flexibility index (Phi) is 6.09. The van der Waals surface area contributed by atoms with Crippen LogP contribution in [0.5, 0.6) is 0 Å². The molecule has 2 aromatic rings. The minimum Gasteiger partial charge on any atom is -0.396 e. The van der Waals surface area contributed by atoms with Crippen molar-refractivity contribution in [2.75, 3.05) is 11.9 Å². The van der Waals surface area contributed by atoms with Gasteiger partial charge in [0.1, 0.15) is 0 Å². The molecule has 1 atom stereocenters. The monoisotopic (exact) mass is 326 g/mol. The van der Waals surface area contributed by atoms with Crippen molar-refractivity contribution < 1.29 is 14.7 Å². The Labute approximate surface area is 141 Å². The van der Waals surface area contributed by atoms with E-state index in [2.05, 4.69) is 10.6 Å². The number of anilines is 1. The van der Waals surface area contributed by atoms with E-state index >= 15 is 0 Å². The minimum atomic E-state index is -0.724. The second-order valence-electron chi connectivity index (χ2n) is 5.72. The first-order valence-electron chi connectivity index (χ1n) is 7.86. The molecule has 0 aliphatic rings. The highest BCUT2D eigenvalue weighted by molar-refractivity contribution is 6.39. The Bertz CT molecular complexity index is 714. The summed E-state index contributed by atoms with van der Waals surface area (Å²) >= 11 is 0. The van der Waals surface area contributed by atoms with E-state index in [-0.39, 0.29) is 6.61 Å². The zero-order valence-electron chi connectivity index (χ0n) is 13.9. The van der Waals surface area contributed by atoms with Crippen LogP contribution in [0.1, 0.15) is 29.2 Å². The van der Waals surface area contributed by atoms with Crippen LogP contribution in [0.25, 0.3) is 0 Å². The van der Waals surface area contributed by atoms with Crippen molar-refractivity contribution in [3.05, 3.63) is 65.2 Å². The number of carbonyl (C=O) groups excluding carboxylic acids is 2. The summed E-state index contributed by atoms with van der Waals surface area (Å²) in [5.41, 5.74) is 3.35. The fraction of sp³-hybridized carbons (Fsp3) is 0.263. The number of aliphatic hydroxyl groups excluding tert-OH is 1. The lowest BCUT2D eigenvalue weighted by molar-refractivity contribution is -0.136. The molecule has 126 valence electrons. The third-order valence-electron chi connectivity index (χ3n) is 3.77. The molecular weight excluding hydrogens is 304 g/mol. The fourth-order valence-electron chi connectivity index (χ4n) is 2.41. The van der Waals surface area contributed by atoms with Crippen LogP contribution < -0.4 is 10.6 Å². The predicted molar refractivity (Wildman–Crippen MR) is 93.6 cm³/mol. The third kappa shape index (κ3) is 4.67. The van der Waals surface area contributed by atoms with Crippen molar-refractivity contribution >= 4 is 17.5 Å². The standard InChI is InChI=1S/C19H22N2O3/c1-13-8-9-14(2)17(12-13)21-19(24)18(23)20-16(10-11-22)15-6-4-3-5-7-15/h3-9,12,16,22H,10-11H2,1-2H3,(H,20,23)(H,21,24). The zero-order valence-corrected chi connectivity index (χ0v) is 13.9. The van der Waals surface area contributed by atoms with Crippen LogP contribution in [0.4, 0.5) is 5.69 Å². The number of benzene rings is 2. The van der Waals surface area contributed by atoms with E-state index in [9.17, 15) is 14.7 Å². The molecule has 5 heteroatoms. The molecule has 0 aromatic heterocycles. The van der Waals surface area contributed by atoms with E-state index in [0.29, 0.717) is 12.1 Å². The van der Waals surface area contributed by atoms with E-state index in [0.717, 1.165) is 16.7 Å². The molecule has 1 unspecified atom stereocenters. The van der Waals surface area contributed by atoms with E-state index < -0.39 is 17.9 Å². The van der Waals surface area contributed by atoms with Crippen LogP contribution in [-0.2, 0) is 9.59 Å². The lowest BCUT2D eigenvalue weighted by atomic mass is 10.0. The lowest BCUT2D eigenvalue weighted by Gasteiger charge is -2.18. The normalized spacial score (nSPS) is 11.6. The van der Waals surface area contributed by atoms with Crippen LogP contribution >= 0.6 is 0 Å². The molecule has 0 heterocycles. The van der Waals surface area contributed by atoms with E-state index in [1.165, 1.54) is 0 Å². The summed E-state index contributed by atoms with van der Waals surface area (Å²) in [7, 11) is 0. The number of amides is 2. The molecule has 0 aliphatic carbocycles. The van der Waals surface area contributed by atoms with Gasteiger partial charge in [-0.2, -0.15) is 0 Å². The largest absolute Gasteiger partial charge is 0.396 e. The summed E-state index contributed by atoms with van der Waals surface area (Å²) in [5, 5.41) is 14.5. The van der Waals surface area contributed by atoms with Gasteiger partial charge in [-0.05, 0) is 43.0 Å². The topological polar surface area (TPSA) is 78.4 Å². The molecule has 0 aliphatic heterocycles. The summed E-state index contributed by atoms with van der Waals surface area (Å²) in [6.07, 6.45) is 0.340. The Hall–Kier alpha value is -2.66. The van der Waals surface area contributed by atoms with Gasteiger partial charge in [-0.3, -0.25) is 9.59 Å². The molecule has 3 N–H and O–H groups in total. The van der Waals surface area contributed by atoms with Crippen LogP contribution in [-0.4, -0.2) is 23.5 Å². The average molecular weight is 326 g/mol. The van der Waals surface area contributed by atoms with Gasteiger partial charge in [0.25, 0.3) is 0 Å². The maximum Gasteiger partial charge on any atom is 0.313 e. The van der Waals surface area contributed by atoms with Crippen molar-refractivity contribution in [1.29, 1.82) is 0 Å². The van der Waals surface area contributed by atoms with Gasteiger partial charge in [-0.15, -0.1) is 0 Å². The highest BCUT2D eigenvalue weighted by atomic mass is 16.3. The smallest absolute Gasteiger partial charge is 0.313 e. The molecule has 2 rings (SSSR count). The molecule has 0 bridgehead atoms. The number of hydrogen-bond acceptors (Lipinski definition) is 3. The van der Waals surface area contributed by atoms with Gasteiger partial charge in [0.2, 0.25) is 0 Å². The molecule has 0 saturated carbocycles. The Morgan fingerprint density at radius 3 is 2.42 bits per heavy atom. The summed E-state index contributed by atoms with van der Waals surface area (Å²) < 4.78 is 0. The van der Waals surface area contributed by atoms with Crippen LogP contribution in [0.2, 0.25) is 0 Å². The molecule has 2 amide bonds. The third-order valence-corrected chi connectivity index (χ3v) is 3.77. The average Bonchev–Trinajstić information content (AvgIpc) is 2.58. The quantitative estimate of drug-likeness (QED) is 0.739. The summed E-state index contributed by atoms with van der Waals surface area (Å²) in [6.45, 7) is 3.70. The summed E-state index contributed by atoms with van der Waals surface area (Å²) in [4.78, 5) is 24.4. The zero-order chi connectivity index (χ0) is 17.5. The minimum absolute atomic E-state index is 0.0849. The van der Waals surface area contributed by atoms with Gasteiger partial charge in [0, 0.05) is 12.3 Å². The number of aryl methyl sites for hydroxylation is 2. The Morgan fingerprint density at radius 1 is 1.04 bits per heavy atom. The van der Waals surface area contributed by atoms with Crippen LogP contribution in [0.15, 0.2) is 48.5 Å². The van der Waals surface area contributed by atoms with Crippen LogP contribution in [0, 0.1) is 13.8 Å². The highest BCUT2D eigenvalue weighted by Gasteiger charge is 2.20. The van der Waals surface area contributed by atoms with E-state index in [4.69, 9.17) is 0 Å². The van der Waals surface area contributed by atoms with Gasteiger partial charge in [0.15, 0.2) is 0 Å². The van der Waals surface area contributed by atoms with Crippen molar-refractivity contribution in [2.24, 2.45) is 0 Å². The summed E-state index contributed by atoms with van der Waals surface area (Å²) in [6, 6.07) is 14.5. The number of carbonyl (C=O) groups is 2. The maximum atomic E-state index is 12.2. The van der Waals surface area contributed by atoms with Gasteiger partial charge >= 0.3 is 11.8 Å². The number of hydrogen-bond donors (Lipinski definition) is 3. The van der Waals surface area contributed by atoms with Gasteiger partial charge in [-0.1, -0.05) is 42.5 Å². The first kappa shape index (κ1) is 17.7. The SMILES string of the molecule is Cc1ccc(C)c(NC(=O)C(=O)NC(CCO)c2ccccc2)c1. The molecular formula is C19H22N2O3. The molecule has 5 nitrogen and oxygen atoms in total. The molecule has 0 spiro atoms. The van der Waals surface area contributed by atoms with Gasteiger partial charge in [-0.25, -0.2) is 0 Å². The first-order chi connectivity index (χ1) is 11.5.